The number of carbonyl (C=O) groups is 2. The normalized spacial score (nSPS) is 22.9. The third kappa shape index (κ3) is 3.35. The summed E-state index contributed by atoms with van der Waals surface area (Å²) < 4.78 is 18.4. The van der Waals surface area contributed by atoms with Crippen LogP contribution in [0.1, 0.15) is 40.7 Å². The van der Waals surface area contributed by atoms with E-state index in [9.17, 15) is 19.2 Å². The molecule has 6 rings (SSSR count). The number of Topliss-reactive ketones (excluding diaryl/α,β-unsaturated/α-hetero) is 2. The highest BCUT2D eigenvalue weighted by Crippen LogP contribution is 2.56. The lowest BCUT2D eigenvalue weighted by Crippen LogP contribution is -2.58. The monoisotopic (exact) mass is 583 g/mol. The number of halogens is 2. The second-order valence-electron chi connectivity index (χ2n) is 9.98. The van der Waals surface area contributed by atoms with E-state index in [1.807, 2.05) is 0 Å². The number of hydrogen-bond donors (Lipinski definition) is 2. The fourth-order valence-electron chi connectivity index (χ4n) is 5.95. The van der Waals surface area contributed by atoms with Gasteiger partial charge in [0.1, 0.15) is 27.9 Å². The second-order valence-corrected chi connectivity index (χ2v) is 10.8. The molecule has 3 aromatic rings. The van der Waals surface area contributed by atoms with Crippen LogP contribution in [-0.4, -0.2) is 40.9 Å². The van der Waals surface area contributed by atoms with Crippen LogP contribution in [0.2, 0.25) is 10.0 Å². The maximum absolute atomic E-state index is 14.7. The molecule has 3 atom stereocenters. The Morgan fingerprint density at radius 2 is 1.70 bits per heavy atom. The molecular formula is C28H23Cl2N3O7. The maximum atomic E-state index is 14.7. The molecule has 0 amide bonds. The summed E-state index contributed by atoms with van der Waals surface area (Å²) in [6.45, 7) is 1.73. The van der Waals surface area contributed by atoms with Crippen LogP contribution >= 0.6 is 23.2 Å². The molecule has 3 aliphatic rings. The molecule has 2 aromatic carbocycles. The number of methoxy groups -OCH3 is 2. The zero-order valence-corrected chi connectivity index (χ0v) is 23.3. The van der Waals surface area contributed by atoms with Gasteiger partial charge in [0.25, 0.3) is 5.56 Å². The van der Waals surface area contributed by atoms with Crippen molar-refractivity contribution in [3.05, 3.63) is 89.2 Å². The predicted molar refractivity (Wildman–Crippen MR) is 147 cm³/mol. The summed E-state index contributed by atoms with van der Waals surface area (Å²) >= 11 is 12.7. The molecule has 12 heteroatoms. The molecule has 206 valence electrons. The van der Waals surface area contributed by atoms with Crippen LogP contribution in [0.5, 0.6) is 17.2 Å². The number of anilines is 1. The summed E-state index contributed by atoms with van der Waals surface area (Å²) in [6, 6.07) is 8.16. The molecule has 0 saturated heterocycles. The number of benzene rings is 2. The Kier molecular flexibility index (Phi) is 5.90. The Labute approximate surface area is 237 Å². The number of rotatable bonds is 3. The van der Waals surface area contributed by atoms with Crippen molar-refractivity contribution >= 4 is 40.6 Å². The standard InChI is InChI=1S/C28H23Cl2N3O7/c1-11-9-14-18(23(34)28(11)24(35)19-15(38-3)10-16(39-4)21(30)22(19)40-28)17(12-5-7-13(29)8-6-12)20-25(31-14)33(2)27(37)32-26(20)36/h5-8,10-11,17,31H,9H2,1-4H3,(H,32,36,37). The first-order valence-corrected chi connectivity index (χ1v) is 13.1. The number of nitrogens with one attached hydrogen (secondary N) is 2. The van der Waals surface area contributed by atoms with Gasteiger partial charge in [-0.1, -0.05) is 42.3 Å². The first-order chi connectivity index (χ1) is 19.0. The van der Waals surface area contributed by atoms with E-state index in [0.717, 1.165) is 0 Å². The van der Waals surface area contributed by atoms with Crippen molar-refractivity contribution in [2.24, 2.45) is 13.0 Å². The third-order valence-corrected chi connectivity index (χ3v) is 8.55. The zero-order valence-electron chi connectivity index (χ0n) is 21.8. The van der Waals surface area contributed by atoms with Crippen molar-refractivity contribution in [2.75, 3.05) is 19.5 Å². The lowest BCUT2D eigenvalue weighted by molar-refractivity contribution is -0.130. The van der Waals surface area contributed by atoms with Gasteiger partial charge in [-0.2, -0.15) is 0 Å². The maximum Gasteiger partial charge on any atom is 0.329 e. The van der Waals surface area contributed by atoms with Crippen LogP contribution in [0.25, 0.3) is 0 Å². The predicted octanol–water partition coefficient (Wildman–Crippen LogP) is 3.83. The molecule has 2 N–H and O–H groups in total. The molecule has 2 aliphatic heterocycles. The van der Waals surface area contributed by atoms with Crippen molar-refractivity contribution in [3.63, 3.8) is 0 Å². The minimum Gasteiger partial charge on any atom is -0.496 e. The van der Waals surface area contributed by atoms with Gasteiger partial charge in [0.15, 0.2) is 5.75 Å². The molecule has 1 spiro atoms. The molecule has 0 fully saturated rings. The van der Waals surface area contributed by atoms with E-state index in [2.05, 4.69) is 10.3 Å². The van der Waals surface area contributed by atoms with E-state index < -0.39 is 40.3 Å². The topological polar surface area (TPSA) is 129 Å². The van der Waals surface area contributed by atoms with Crippen molar-refractivity contribution in [1.29, 1.82) is 0 Å². The largest absolute Gasteiger partial charge is 0.496 e. The smallest absolute Gasteiger partial charge is 0.329 e. The van der Waals surface area contributed by atoms with Crippen LogP contribution in [0.15, 0.2) is 51.2 Å². The Morgan fingerprint density at radius 1 is 1.02 bits per heavy atom. The third-order valence-electron chi connectivity index (χ3n) is 7.94. The lowest BCUT2D eigenvalue weighted by atomic mass is 9.66. The summed E-state index contributed by atoms with van der Waals surface area (Å²) in [7, 11) is 4.33. The van der Waals surface area contributed by atoms with Gasteiger partial charge in [0.2, 0.25) is 17.2 Å². The van der Waals surface area contributed by atoms with Gasteiger partial charge in [0, 0.05) is 41.2 Å². The second kappa shape index (κ2) is 9.00. The van der Waals surface area contributed by atoms with Crippen LogP contribution in [-0.2, 0) is 11.8 Å². The molecular weight excluding hydrogens is 561 g/mol. The van der Waals surface area contributed by atoms with E-state index in [1.165, 1.54) is 31.9 Å². The number of ketones is 2. The van der Waals surface area contributed by atoms with E-state index in [4.69, 9.17) is 37.4 Å². The fourth-order valence-corrected chi connectivity index (χ4v) is 6.34. The highest BCUT2D eigenvalue weighted by Gasteiger charge is 2.63. The first kappa shape index (κ1) is 26.2. The molecule has 0 saturated carbocycles. The lowest BCUT2D eigenvalue weighted by Gasteiger charge is -2.42. The van der Waals surface area contributed by atoms with Crippen LogP contribution < -0.4 is 30.8 Å². The van der Waals surface area contributed by atoms with Gasteiger partial charge in [-0.05, 0) is 24.1 Å². The fraction of sp³-hybridized carbons (Fsp3) is 0.286. The summed E-state index contributed by atoms with van der Waals surface area (Å²) in [5, 5.41) is 3.65. The van der Waals surface area contributed by atoms with Crippen LogP contribution in [0, 0.1) is 5.92 Å². The number of carbonyl (C=O) groups excluding carboxylic acids is 2. The first-order valence-electron chi connectivity index (χ1n) is 12.4. The van der Waals surface area contributed by atoms with Gasteiger partial charge in [-0.15, -0.1) is 0 Å². The summed E-state index contributed by atoms with van der Waals surface area (Å²) in [5.41, 5.74) is -1.80. The van der Waals surface area contributed by atoms with Crippen LogP contribution in [0.4, 0.5) is 5.82 Å². The Morgan fingerprint density at radius 3 is 2.35 bits per heavy atom. The highest BCUT2D eigenvalue weighted by molar-refractivity contribution is 6.36. The number of hydrogen-bond acceptors (Lipinski definition) is 8. The zero-order chi connectivity index (χ0) is 28.7. The summed E-state index contributed by atoms with van der Waals surface area (Å²) in [6.07, 6.45) is 0.197. The number of allylic oxidation sites excluding steroid dienone is 1. The summed E-state index contributed by atoms with van der Waals surface area (Å²) in [5.74, 6) is -2.16. The Bertz CT molecular complexity index is 1790. The highest BCUT2D eigenvalue weighted by atomic mass is 35.5. The van der Waals surface area contributed by atoms with Gasteiger partial charge >= 0.3 is 5.69 Å². The van der Waals surface area contributed by atoms with E-state index >= 15 is 0 Å². The number of aromatic nitrogens is 2. The minimum atomic E-state index is -1.97. The van der Waals surface area contributed by atoms with Crippen LogP contribution in [0.3, 0.4) is 0 Å². The number of nitrogens with zero attached hydrogens (tertiary/aromatic N) is 1. The number of aromatic amines is 1. The average Bonchev–Trinajstić information content (AvgIpc) is 3.25. The molecule has 1 aromatic heterocycles. The van der Waals surface area contributed by atoms with Gasteiger partial charge in [-0.25, -0.2) is 4.79 Å². The molecule has 0 bridgehead atoms. The van der Waals surface area contributed by atoms with Gasteiger partial charge in [0.05, 0.1) is 19.8 Å². The van der Waals surface area contributed by atoms with Gasteiger partial charge < -0.3 is 19.5 Å². The number of fused-ring (bicyclic) bond motifs is 2. The van der Waals surface area contributed by atoms with E-state index in [0.29, 0.717) is 16.3 Å². The van der Waals surface area contributed by atoms with E-state index in [1.54, 1.807) is 31.2 Å². The number of ether oxygens (including phenoxy) is 3. The molecule has 1 aliphatic carbocycles. The average molecular weight is 584 g/mol. The van der Waals surface area contributed by atoms with Crippen molar-refractivity contribution in [3.8, 4) is 17.2 Å². The molecule has 3 unspecified atom stereocenters. The molecule has 0 radical (unpaired) electrons. The minimum absolute atomic E-state index is 0.000396. The van der Waals surface area contributed by atoms with Gasteiger partial charge in [-0.3, -0.25) is 23.9 Å². The summed E-state index contributed by atoms with van der Waals surface area (Å²) in [4.78, 5) is 57.0. The number of H-pyrrole nitrogens is 1. The molecule has 40 heavy (non-hydrogen) atoms. The van der Waals surface area contributed by atoms with Crippen molar-refractivity contribution in [1.82, 2.24) is 9.55 Å². The Balaban J connectivity index is 1.60. The SMILES string of the molecule is COc1cc(OC)c2c(c1Cl)OC1(C(=O)C3=C(CC1C)Nc1c(c(=O)[nH]c(=O)n1C)C3c1ccc(Cl)cc1)C2=O. The molecule has 10 nitrogen and oxygen atoms in total. The Hall–Kier alpha value is -4.02. The van der Waals surface area contributed by atoms with Crippen molar-refractivity contribution in [2.45, 2.75) is 24.9 Å². The quantitative estimate of drug-likeness (QED) is 0.445. The van der Waals surface area contributed by atoms with E-state index in [-0.39, 0.29) is 51.2 Å². The van der Waals surface area contributed by atoms with Crippen molar-refractivity contribution < 1.29 is 23.8 Å². The molecule has 3 heterocycles.